The molecule has 0 aromatic carbocycles. The third-order valence-corrected chi connectivity index (χ3v) is 2.27. The van der Waals surface area contributed by atoms with E-state index in [1.165, 1.54) is 11.1 Å². The van der Waals surface area contributed by atoms with Crippen LogP contribution in [0.2, 0.25) is 0 Å². The van der Waals surface area contributed by atoms with E-state index in [2.05, 4.69) is 4.98 Å². The summed E-state index contributed by atoms with van der Waals surface area (Å²) < 4.78 is 0. The number of likely N-dealkylation sites (N-methyl/N-ethyl adjacent to an activating group) is 1. The van der Waals surface area contributed by atoms with Crippen molar-refractivity contribution in [3.05, 3.63) is 29.6 Å². The fourth-order valence-electron chi connectivity index (χ4n) is 1.40. The highest BCUT2D eigenvalue weighted by Gasteiger charge is 2.17. The second kappa shape index (κ2) is 5.95. The number of aromatic nitrogens is 1. The van der Waals surface area contributed by atoms with E-state index in [0.717, 1.165) is 0 Å². The minimum Gasteiger partial charge on any atom is -0.480 e. The summed E-state index contributed by atoms with van der Waals surface area (Å²) in [5.74, 6) is -1.36. The van der Waals surface area contributed by atoms with E-state index in [1.54, 1.807) is 19.1 Å². The van der Waals surface area contributed by atoms with Gasteiger partial charge in [0.05, 0.1) is 5.69 Å². The van der Waals surface area contributed by atoms with Crippen LogP contribution >= 0.6 is 0 Å². The predicted molar refractivity (Wildman–Crippen MR) is 61.3 cm³/mol. The fraction of sp³-hybridized carbons (Fsp3) is 0.364. The summed E-state index contributed by atoms with van der Waals surface area (Å²) in [5, 5.41) is 8.69. The van der Waals surface area contributed by atoms with Gasteiger partial charge >= 0.3 is 5.97 Å². The van der Waals surface area contributed by atoms with E-state index in [9.17, 15) is 9.59 Å². The average molecular weight is 237 g/mol. The summed E-state index contributed by atoms with van der Waals surface area (Å²) in [4.78, 5) is 27.8. The summed E-state index contributed by atoms with van der Waals surface area (Å²) >= 11 is 0. The number of pyridine rings is 1. The van der Waals surface area contributed by atoms with Gasteiger partial charge in [-0.2, -0.15) is 0 Å². The molecule has 3 N–H and O–H groups in total. The van der Waals surface area contributed by atoms with Crippen LogP contribution in [0.1, 0.15) is 23.0 Å². The van der Waals surface area contributed by atoms with Crippen LogP contribution in [0.3, 0.4) is 0 Å². The van der Waals surface area contributed by atoms with Crippen LogP contribution in [-0.2, 0) is 11.3 Å². The molecule has 1 amide bonds. The van der Waals surface area contributed by atoms with Gasteiger partial charge in [0.1, 0.15) is 6.54 Å². The summed E-state index contributed by atoms with van der Waals surface area (Å²) in [6, 6.07) is 3.12. The van der Waals surface area contributed by atoms with Crippen molar-refractivity contribution in [1.82, 2.24) is 9.88 Å². The number of hydrogen-bond donors (Lipinski definition) is 2. The highest BCUT2D eigenvalue weighted by Crippen LogP contribution is 2.06. The lowest BCUT2D eigenvalue weighted by molar-refractivity contribution is -0.137. The molecule has 0 saturated heterocycles. The van der Waals surface area contributed by atoms with Gasteiger partial charge in [0, 0.05) is 24.8 Å². The van der Waals surface area contributed by atoms with Gasteiger partial charge in [-0.15, -0.1) is 0 Å². The van der Waals surface area contributed by atoms with Gasteiger partial charge in [0.2, 0.25) is 0 Å². The maximum Gasteiger partial charge on any atom is 0.323 e. The van der Waals surface area contributed by atoms with Crippen LogP contribution < -0.4 is 5.73 Å². The van der Waals surface area contributed by atoms with Crippen molar-refractivity contribution in [3.63, 3.8) is 0 Å². The van der Waals surface area contributed by atoms with Crippen LogP contribution in [0, 0.1) is 0 Å². The number of carboxylic acid groups (broad SMARTS) is 1. The Morgan fingerprint density at radius 2 is 2.24 bits per heavy atom. The Bertz CT molecular complexity index is 420. The van der Waals surface area contributed by atoms with Crippen molar-refractivity contribution in [3.8, 4) is 0 Å². The van der Waals surface area contributed by atoms with E-state index in [0.29, 0.717) is 17.8 Å². The number of nitrogens with two attached hydrogens (primary N) is 1. The maximum atomic E-state index is 12.0. The Kier molecular flexibility index (Phi) is 4.59. The zero-order valence-electron chi connectivity index (χ0n) is 9.59. The van der Waals surface area contributed by atoms with Crippen molar-refractivity contribution in [2.75, 3.05) is 13.1 Å². The van der Waals surface area contributed by atoms with E-state index >= 15 is 0 Å². The van der Waals surface area contributed by atoms with Gasteiger partial charge in [-0.25, -0.2) is 0 Å². The Hall–Kier alpha value is -1.95. The average Bonchev–Trinajstić information content (AvgIpc) is 2.35. The molecule has 17 heavy (non-hydrogen) atoms. The predicted octanol–water partition coefficient (Wildman–Crippen LogP) is 0.0870. The molecular weight excluding hydrogens is 222 g/mol. The molecule has 0 aliphatic rings. The van der Waals surface area contributed by atoms with E-state index in [1.807, 2.05) is 0 Å². The molecule has 6 heteroatoms. The van der Waals surface area contributed by atoms with Crippen LogP contribution in [0.15, 0.2) is 18.3 Å². The Labute approximate surface area is 99.1 Å². The Morgan fingerprint density at radius 1 is 1.53 bits per heavy atom. The molecule has 1 aromatic rings. The van der Waals surface area contributed by atoms with Crippen molar-refractivity contribution in [2.45, 2.75) is 13.5 Å². The van der Waals surface area contributed by atoms with Crippen molar-refractivity contribution < 1.29 is 14.7 Å². The number of hydrogen-bond acceptors (Lipinski definition) is 4. The number of amides is 1. The van der Waals surface area contributed by atoms with Crippen molar-refractivity contribution in [1.29, 1.82) is 0 Å². The molecule has 0 saturated carbocycles. The van der Waals surface area contributed by atoms with Gasteiger partial charge < -0.3 is 15.7 Å². The normalized spacial score (nSPS) is 10.0. The maximum absolute atomic E-state index is 12.0. The van der Waals surface area contributed by atoms with Crippen LogP contribution in [0.4, 0.5) is 0 Å². The summed E-state index contributed by atoms with van der Waals surface area (Å²) in [5.41, 5.74) is 6.43. The van der Waals surface area contributed by atoms with Crippen LogP contribution in [-0.4, -0.2) is 40.0 Å². The first-order chi connectivity index (χ1) is 8.08. The van der Waals surface area contributed by atoms with Gasteiger partial charge in [-0.05, 0) is 19.1 Å². The molecule has 1 rings (SSSR count). The summed E-state index contributed by atoms with van der Waals surface area (Å²) in [7, 11) is 0. The lowest BCUT2D eigenvalue weighted by Gasteiger charge is -2.18. The zero-order valence-corrected chi connectivity index (χ0v) is 9.59. The van der Waals surface area contributed by atoms with Gasteiger partial charge in [0.25, 0.3) is 5.91 Å². The number of aliphatic carboxylic acids is 1. The molecule has 0 unspecified atom stereocenters. The highest BCUT2D eigenvalue weighted by atomic mass is 16.4. The lowest BCUT2D eigenvalue weighted by Crippen LogP contribution is -2.35. The minimum atomic E-state index is -1.03. The van der Waals surface area contributed by atoms with Crippen molar-refractivity contribution >= 4 is 11.9 Å². The molecular formula is C11H15N3O3. The lowest BCUT2D eigenvalue weighted by atomic mass is 10.2. The molecule has 1 heterocycles. The topological polar surface area (TPSA) is 96.5 Å². The monoisotopic (exact) mass is 237 g/mol. The molecule has 0 atom stereocenters. The van der Waals surface area contributed by atoms with E-state index in [4.69, 9.17) is 10.8 Å². The van der Waals surface area contributed by atoms with E-state index < -0.39 is 5.97 Å². The van der Waals surface area contributed by atoms with Crippen LogP contribution in [0.25, 0.3) is 0 Å². The molecule has 0 aliphatic heterocycles. The Balaban J connectivity index is 2.89. The minimum absolute atomic E-state index is 0.242. The Morgan fingerprint density at radius 3 is 2.76 bits per heavy atom. The third-order valence-electron chi connectivity index (χ3n) is 2.27. The molecule has 1 aromatic heterocycles. The molecule has 0 aliphatic carbocycles. The zero-order chi connectivity index (χ0) is 12.8. The summed E-state index contributed by atoms with van der Waals surface area (Å²) in [6.07, 6.45) is 1.49. The quantitative estimate of drug-likeness (QED) is 0.756. The smallest absolute Gasteiger partial charge is 0.323 e. The third kappa shape index (κ3) is 3.53. The molecule has 0 bridgehead atoms. The molecule has 0 fully saturated rings. The highest BCUT2D eigenvalue weighted by molar-refractivity contribution is 5.95. The largest absolute Gasteiger partial charge is 0.480 e. The van der Waals surface area contributed by atoms with Gasteiger partial charge in [-0.1, -0.05) is 0 Å². The van der Waals surface area contributed by atoms with E-state index in [-0.39, 0.29) is 19.0 Å². The van der Waals surface area contributed by atoms with Crippen LogP contribution in [0.5, 0.6) is 0 Å². The van der Waals surface area contributed by atoms with Gasteiger partial charge in [0.15, 0.2) is 0 Å². The number of carbonyl (C=O) groups is 2. The SMILES string of the molecule is CCN(CC(=O)O)C(=O)c1ccnc(CN)c1. The molecule has 0 radical (unpaired) electrons. The van der Waals surface area contributed by atoms with Crippen molar-refractivity contribution in [2.24, 2.45) is 5.73 Å². The molecule has 6 nitrogen and oxygen atoms in total. The standard InChI is InChI=1S/C11H15N3O3/c1-2-14(7-10(15)16)11(17)8-3-4-13-9(5-8)6-12/h3-5H,2,6-7,12H2,1H3,(H,15,16). The molecule has 0 spiro atoms. The number of carbonyl (C=O) groups excluding carboxylic acids is 1. The second-order valence-electron chi connectivity index (χ2n) is 3.45. The number of carboxylic acids is 1. The molecule has 92 valence electrons. The first-order valence-electron chi connectivity index (χ1n) is 5.24. The second-order valence-corrected chi connectivity index (χ2v) is 3.45. The van der Waals surface area contributed by atoms with Gasteiger partial charge in [-0.3, -0.25) is 14.6 Å². The number of rotatable bonds is 5. The fourth-order valence-corrected chi connectivity index (χ4v) is 1.40. The number of nitrogens with zero attached hydrogens (tertiary/aromatic N) is 2. The summed E-state index contributed by atoms with van der Waals surface area (Å²) in [6.45, 7) is 2.00. The first-order valence-corrected chi connectivity index (χ1v) is 5.24. The first kappa shape index (κ1) is 13.1.